The van der Waals surface area contributed by atoms with Crippen LogP contribution in [0.4, 0.5) is 0 Å². The number of halogens is 1. The highest BCUT2D eigenvalue weighted by Gasteiger charge is 2.20. The third-order valence-corrected chi connectivity index (χ3v) is 3.45. The summed E-state index contributed by atoms with van der Waals surface area (Å²) in [5, 5.41) is 9.96. The molecule has 0 aliphatic carbocycles. The smallest absolute Gasteiger partial charge is 0.355 e. The monoisotopic (exact) mass is 316 g/mol. The number of fused-ring (bicyclic) bond motifs is 1. The fraction of sp³-hybridized carbons (Fsp3) is 0.125. The quantitative estimate of drug-likeness (QED) is 0.796. The predicted octanol–water partition coefficient (Wildman–Crippen LogP) is 3.75. The van der Waals surface area contributed by atoms with E-state index in [1.54, 1.807) is 42.6 Å². The van der Waals surface area contributed by atoms with Crippen molar-refractivity contribution in [3.05, 3.63) is 53.3 Å². The van der Waals surface area contributed by atoms with Gasteiger partial charge in [0.15, 0.2) is 5.69 Å². The number of rotatable bonds is 4. The molecule has 0 unspecified atom stereocenters. The number of carbonyl (C=O) groups is 1. The topological polar surface area (TPSA) is 63.8 Å². The first-order chi connectivity index (χ1) is 10.6. The molecule has 0 amide bonds. The van der Waals surface area contributed by atoms with Gasteiger partial charge in [0.2, 0.25) is 0 Å². The van der Waals surface area contributed by atoms with Gasteiger partial charge < -0.3 is 9.84 Å². The summed E-state index contributed by atoms with van der Waals surface area (Å²) < 4.78 is 6.87. The molecule has 0 radical (unpaired) electrons. The second-order valence-corrected chi connectivity index (χ2v) is 5.08. The van der Waals surface area contributed by atoms with Gasteiger partial charge in [0.1, 0.15) is 17.1 Å². The molecule has 0 saturated carbocycles. The molecule has 1 aromatic carbocycles. The van der Waals surface area contributed by atoms with E-state index in [0.29, 0.717) is 28.5 Å². The molecule has 0 saturated heterocycles. The SMILES string of the molecule is CCOc1ccc(-c2nc3ccc(Cl)cn3c2C(=O)O)cc1. The molecule has 1 N–H and O–H groups in total. The Morgan fingerprint density at radius 3 is 2.64 bits per heavy atom. The van der Waals surface area contributed by atoms with Gasteiger partial charge in [0.05, 0.1) is 11.6 Å². The number of carboxylic acids is 1. The highest BCUT2D eigenvalue weighted by atomic mass is 35.5. The van der Waals surface area contributed by atoms with Crippen molar-refractivity contribution in [2.45, 2.75) is 6.92 Å². The first-order valence-corrected chi connectivity index (χ1v) is 7.12. The third kappa shape index (κ3) is 2.51. The number of nitrogens with zero attached hydrogens (tertiary/aromatic N) is 2. The Labute approximate surface area is 131 Å². The van der Waals surface area contributed by atoms with E-state index in [1.807, 2.05) is 6.92 Å². The van der Waals surface area contributed by atoms with Gasteiger partial charge in [-0.15, -0.1) is 0 Å². The minimum absolute atomic E-state index is 0.0849. The summed E-state index contributed by atoms with van der Waals surface area (Å²) in [5.41, 5.74) is 1.73. The number of hydrogen-bond acceptors (Lipinski definition) is 3. The average molecular weight is 317 g/mol. The molecule has 0 spiro atoms. The van der Waals surface area contributed by atoms with Crippen LogP contribution in [0.2, 0.25) is 5.02 Å². The van der Waals surface area contributed by atoms with Gasteiger partial charge in [-0.25, -0.2) is 9.78 Å². The van der Waals surface area contributed by atoms with Crippen LogP contribution in [0.3, 0.4) is 0 Å². The summed E-state index contributed by atoms with van der Waals surface area (Å²) in [7, 11) is 0. The Balaban J connectivity index is 2.17. The van der Waals surface area contributed by atoms with Crippen molar-refractivity contribution in [2.24, 2.45) is 0 Å². The first-order valence-electron chi connectivity index (χ1n) is 6.74. The maximum Gasteiger partial charge on any atom is 0.355 e. The molecule has 5 nitrogen and oxygen atoms in total. The van der Waals surface area contributed by atoms with Gasteiger partial charge in [0.25, 0.3) is 0 Å². The maximum absolute atomic E-state index is 11.6. The molecular weight excluding hydrogens is 304 g/mol. The third-order valence-electron chi connectivity index (χ3n) is 3.22. The van der Waals surface area contributed by atoms with Crippen LogP contribution < -0.4 is 4.74 Å². The van der Waals surface area contributed by atoms with Crippen LogP contribution in [0.25, 0.3) is 16.9 Å². The van der Waals surface area contributed by atoms with Crippen molar-refractivity contribution in [1.82, 2.24) is 9.38 Å². The van der Waals surface area contributed by atoms with E-state index < -0.39 is 5.97 Å². The van der Waals surface area contributed by atoms with Gasteiger partial charge >= 0.3 is 5.97 Å². The van der Waals surface area contributed by atoms with Crippen molar-refractivity contribution < 1.29 is 14.6 Å². The number of aromatic carboxylic acids is 1. The molecule has 22 heavy (non-hydrogen) atoms. The fourth-order valence-electron chi connectivity index (χ4n) is 2.30. The van der Waals surface area contributed by atoms with E-state index in [1.165, 1.54) is 4.40 Å². The lowest BCUT2D eigenvalue weighted by Crippen LogP contribution is -2.03. The molecule has 0 bridgehead atoms. The van der Waals surface area contributed by atoms with Crippen LogP contribution in [-0.2, 0) is 0 Å². The van der Waals surface area contributed by atoms with Crippen molar-refractivity contribution in [3.8, 4) is 17.0 Å². The largest absolute Gasteiger partial charge is 0.494 e. The molecule has 2 aromatic heterocycles. The second-order valence-electron chi connectivity index (χ2n) is 4.65. The molecule has 6 heteroatoms. The summed E-state index contributed by atoms with van der Waals surface area (Å²) in [5.74, 6) is -0.325. The lowest BCUT2D eigenvalue weighted by atomic mass is 10.1. The number of pyridine rings is 1. The summed E-state index contributed by atoms with van der Waals surface area (Å²) in [4.78, 5) is 16.0. The van der Waals surface area contributed by atoms with E-state index in [2.05, 4.69) is 4.98 Å². The number of benzene rings is 1. The normalized spacial score (nSPS) is 10.8. The minimum Gasteiger partial charge on any atom is -0.494 e. The molecule has 2 heterocycles. The first kappa shape index (κ1) is 14.4. The number of hydrogen-bond donors (Lipinski definition) is 1. The minimum atomic E-state index is -1.06. The zero-order valence-corrected chi connectivity index (χ0v) is 12.5. The molecular formula is C16H13ClN2O3. The molecule has 3 rings (SSSR count). The van der Waals surface area contributed by atoms with Crippen molar-refractivity contribution >= 4 is 23.2 Å². The van der Waals surface area contributed by atoms with E-state index in [0.717, 1.165) is 5.75 Å². The van der Waals surface area contributed by atoms with Gasteiger partial charge in [-0.1, -0.05) is 11.6 Å². The number of aromatic nitrogens is 2. The molecule has 0 aliphatic rings. The van der Waals surface area contributed by atoms with E-state index in [9.17, 15) is 9.90 Å². The lowest BCUT2D eigenvalue weighted by Gasteiger charge is -2.04. The summed E-state index contributed by atoms with van der Waals surface area (Å²) in [6.45, 7) is 2.48. The summed E-state index contributed by atoms with van der Waals surface area (Å²) in [6.07, 6.45) is 1.55. The van der Waals surface area contributed by atoms with Crippen LogP contribution in [0.15, 0.2) is 42.6 Å². The van der Waals surface area contributed by atoms with E-state index in [4.69, 9.17) is 16.3 Å². The molecule has 112 valence electrons. The summed E-state index contributed by atoms with van der Waals surface area (Å²) in [6, 6.07) is 10.5. The Bertz CT molecular complexity index is 840. The van der Waals surface area contributed by atoms with Crippen molar-refractivity contribution in [2.75, 3.05) is 6.61 Å². The van der Waals surface area contributed by atoms with E-state index in [-0.39, 0.29) is 5.69 Å². The molecule has 0 atom stereocenters. The van der Waals surface area contributed by atoms with Crippen LogP contribution in [0, 0.1) is 0 Å². The molecule has 0 fully saturated rings. The Kier molecular flexibility index (Phi) is 3.73. The van der Waals surface area contributed by atoms with Crippen molar-refractivity contribution in [1.29, 1.82) is 0 Å². The fourth-order valence-corrected chi connectivity index (χ4v) is 2.46. The standard InChI is InChI=1S/C16H13ClN2O3/c1-2-22-12-6-3-10(4-7-12)14-15(16(20)21)19-9-11(17)5-8-13(19)18-14/h3-9H,2H2,1H3,(H,20,21). The van der Waals surface area contributed by atoms with Crippen LogP contribution in [0.1, 0.15) is 17.4 Å². The Hall–Kier alpha value is -2.53. The average Bonchev–Trinajstić information content (AvgIpc) is 2.87. The van der Waals surface area contributed by atoms with Gasteiger partial charge in [-0.3, -0.25) is 4.40 Å². The second kappa shape index (κ2) is 5.69. The number of imidazole rings is 1. The van der Waals surface area contributed by atoms with E-state index >= 15 is 0 Å². The molecule has 3 aromatic rings. The lowest BCUT2D eigenvalue weighted by molar-refractivity contribution is 0.0690. The van der Waals surface area contributed by atoms with Crippen LogP contribution >= 0.6 is 11.6 Å². The van der Waals surface area contributed by atoms with Crippen LogP contribution in [0.5, 0.6) is 5.75 Å². The Morgan fingerprint density at radius 2 is 2.00 bits per heavy atom. The number of carboxylic acid groups (broad SMARTS) is 1. The highest BCUT2D eigenvalue weighted by Crippen LogP contribution is 2.27. The zero-order chi connectivity index (χ0) is 15.7. The maximum atomic E-state index is 11.6. The zero-order valence-electron chi connectivity index (χ0n) is 11.8. The summed E-state index contributed by atoms with van der Waals surface area (Å²) >= 11 is 5.95. The predicted molar refractivity (Wildman–Crippen MR) is 83.8 cm³/mol. The van der Waals surface area contributed by atoms with Gasteiger partial charge in [-0.05, 0) is 43.3 Å². The van der Waals surface area contributed by atoms with Crippen molar-refractivity contribution in [3.63, 3.8) is 0 Å². The Morgan fingerprint density at radius 1 is 1.27 bits per heavy atom. The molecule has 0 aliphatic heterocycles. The highest BCUT2D eigenvalue weighted by molar-refractivity contribution is 6.30. The number of ether oxygens (including phenoxy) is 1. The van der Waals surface area contributed by atoms with Gasteiger partial charge in [0, 0.05) is 11.8 Å². The van der Waals surface area contributed by atoms with Crippen LogP contribution in [-0.4, -0.2) is 27.1 Å². The van der Waals surface area contributed by atoms with Gasteiger partial charge in [-0.2, -0.15) is 0 Å².